The molecule has 0 N–H and O–H groups in total. The number of thiophene rings is 1. The zero-order valence-electron chi connectivity index (χ0n) is 14.7. The fourth-order valence-electron chi connectivity index (χ4n) is 3.31. The summed E-state index contributed by atoms with van der Waals surface area (Å²) in [4.78, 5) is 30.3. The molecule has 1 aliphatic heterocycles. The molecule has 1 aromatic heterocycles. The van der Waals surface area contributed by atoms with Gasteiger partial charge in [-0.2, -0.15) is 0 Å². The average Bonchev–Trinajstić information content (AvgIpc) is 3.03. The molecule has 2 aliphatic rings. The van der Waals surface area contributed by atoms with Crippen molar-refractivity contribution in [3.63, 3.8) is 0 Å². The molecule has 2 amide bonds. The molecule has 0 radical (unpaired) electrons. The summed E-state index contributed by atoms with van der Waals surface area (Å²) in [7, 11) is 0. The van der Waals surface area contributed by atoms with Gasteiger partial charge in [-0.15, -0.1) is 23.1 Å². The zero-order chi connectivity index (χ0) is 17.3. The minimum atomic E-state index is -0.00564. The van der Waals surface area contributed by atoms with Gasteiger partial charge in [0.05, 0.1) is 5.25 Å². The second-order valence-electron chi connectivity index (χ2n) is 6.68. The van der Waals surface area contributed by atoms with Gasteiger partial charge >= 0.3 is 0 Å². The molecule has 2 fully saturated rings. The lowest BCUT2D eigenvalue weighted by Gasteiger charge is -2.33. The van der Waals surface area contributed by atoms with E-state index in [1.165, 1.54) is 16.9 Å². The Labute approximate surface area is 152 Å². The van der Waals surface area contributed by atoms with E-state index in [0.29, 0.717) is 13.1 Å². The summed E-state index contributed by atoms with van der Waals surface area (Å²) in [5, 5.41) is 2.19. The summed E-state index contributed by atoms with van der Waals surface area (Å²) < 4.78 is 0. The van der Waals surface area contributed by atoms with Gasteiger partial charge in [0.2, 0.25) is 11.8 Å². The van der Waals surface area contributed by atoms with Crippen molar-refractivity contribution >= 4 is 34.9 Å². The molecule has 2 heterocycles. The third kappa shape index (κ3) is 3.36. The van der Waals surface area contributed by atoms with Gasteiger partial charge in [0.15, 0.2) is 0 Å². The Bertz CT molecular complexity index is 612. The molecule has 0 spiro atoms. The maximum atomic E-state index is 12.6. The number of carbonyl (C=O) groups excluding carboxylic acids is 2. The van der Waals surface area contributed by atoms with Crippen molar-refractivity contribution in [1.82, 2.24) is 9.80 Å². The molecule has 132 valence electrons. The van der Waals surface area contributed by atoms with E-state index in [2.05, 4.69) is 18.4 Å². The predicted molar refractivity (Wildman–Crippen MR) is 100 cm³/mol. The minimum Gasteiger partial charge on any atom is -0.341 e. The normalized spacial score (nSPS) is 24.3. The first-order valence-corrected chi connectivity index (χ1v) is 10.6. The molecule has 6 heteroatoms. The molecule has 0 bridgehead atoms. The van der Waals surface area contributed by atoms with Crippen LogP contribution < -0.4 is 0 Å². The largest absolute Gasteiger partial charge is 0.341 e. The Hall–Kier alpha value is -1.01. The second-order valence-corrected chi connectivity index (χ2v) is 9.05. The standard InChI is InChI=1S/C18H26N2O2S2/c1-4-19(17(22)14-6-5-7-14)9-10-20-16(21)13(3)24-18(20)15-12(2)8-11-23-15/h8,11,13-14,18H,4-7,9-10H2,1-3H3/t13-,18+/m1/s1. The van der Waals surface area contributed by atoms with E-state index in [4.69, 9.17) is 0 Å². The van der Waals surface area contributed by atoms with Gasteiger partial charge in [-0.05, 0) is 50.6 Å². The lowest BCUT2D eigenvalue weighted by molar-refractivity contribution is -0.139. The van der Waals surface area contributed by atoms with E-state index in [1.54, 1.807) is 23.1 Å². The highest BCUT2D eigenvalue weighted by molar-refractivity contribution is 8.01. The van der Waals surface area contributed by atoms with Gasteiger partial charge in [-0.1, -0.05) is 6.42 Å². The number of carbonyl (C=O) groups is 2. The SMILES string of the molecule is CCN(CCN1C(=O)[C@@H](C)S[C@H]1c1sccc1C)C(=O)C1CCC1. The number of nitrogens with zero attached hydrogens (tertiary/aromatic N) is 2. The van der Waals surface area contributed by atoms with Crippen LogP contribution in [-0.2, 0) is 9.59 Å². The van der Waals surface area contributed by atoms with E-state index in [9.17, 15) is 9.59 Å². The van der Waals surface area contributed by atoms with Gasteiger partial charge in [-0.25, -0.2) is 0 Å². The summed E-state index contributed by atoms with van der Waals surface area (Å²) in [6.45, 7) is 8.12. The Balaban J connectivity index is 1.68. The number of amides is 2. The minimum absolute atomic E-state index is 0.00564. The number of aryl methyl sites for hydroxylation is 1. The van der Waals surface area contributed by atoms with Crippen LogP contribution in [-0.4, -0.2) is 46.5 Å². The highest BCUT2D eigenvalue weighted by atomic mass is 32.2. The van der Waals surface area contributed by atoms with E-state index < -0.39 is 0 Å². The molecular formula is C18H26N2O2S2. The quantitative estimate of drug-likeness (QED) is 0.771. The van der Waals surface area contributed by atoms with Crippen LogP contribution in [0.15, 0.2) is 11.4 Å². The molecule has 4 nitrogen and oxygen atoms in total. The molecular weight excluding hydrogens is 340 g/mol. The van der Waals surface area contributed by atoms with Gasteiger partial charge in [0.25, 0.3) is 0 Å². The first-order valence-electron chi connectivity index (χ1n) is 8.81. The van der Waals surface area contributed by atoms with E-state index in [1.807, 2.05) is 23.6 Å². The van der Waals surface area contributed by atoms with Crippen LogP contribution in [0.25, 0.3) is 0 Å². The van der Waals surface area contributed by atoms with Crippen molar-refractivity contribution in [2.24, 2.45) is 5.92 Å². The number of likely N-dealkylation sites (N-methyl/N-ethyl adjacent to an activating group) is 1. The molecule has 24 heavy (non-hydrogen) atoms. The molecule has 0 unspecified atom stereocenters. The Morgan fingerprint density at radius 1 is 1.42 bits per heavy atom. The topological polar surface area (TPSA) is 40.6 Å². The Kier molecular flexibility index (Phi) is 5.55. The number of hydrogen-bond acceptors (Lipinski definition) is 4. The van der Waals surface area contributed by atoms with Crippen molar-refractivity contribution < 1.29 is 9.59 Å². The monoisotopic (exact) mass is 366 g/mol. The van der Waals surface area contributed by atoms with Crippen LogP contribution in [0.4, 0.5) is 0 Å². The van der Waals surface area contributed by atoms with Gasteiger partial charge in [-0.3, -0.25) is 9.59 Å². The van der Waals surface area contributed by atoms with Gasteiger partial charge in [0.1, 0.15) is 5.37 Å². The molecule has 1 aromatic rings. The van der Waals surface area contributed by atoms with Crippen molar-refractivity contribution in [3.8, 4) is 0 Å². The fraction of sp³-hybridized carbons (Fsp3) is 0.667. The number of rotatable bonds is 6. The van der Waals surface area contributed by atoms with E-state index in [0.717, 1.165) is 19.4 Å². The molecule has 2 atom stereocenters. The summed E-state index contributed by atoms with van der Waals surface area (Å²) in [6, 6.07) is 2.12. The average molecular weight is 367 g/mol. The van der Waals surface area contributed by atoms with Crippen molar-refractivity contribution in [3.05, 3.63) is 21.9 Å². The Morgan fingerprint density at radius 2 is 2.17 bits per heavy atom. The molecule has 1 aliphatic carbocycles. The number of hydrogen-bond donors (Lipinski definition) is 0. The lowest BCUT2D eigenvalue weighted by Crippen LogP contribution is -2.44. The smallest absolute Gasteiger partial charge is 0.236 e. The summed E-state index contributed by atoms with van der Waals surface area (Å²) in [6.07, 6.45) is 3.23. The van der Waals surface area contributed by atoms with Crippen molar-refractivity contribution in [2.75, 3.05) is 19.6 Å². The lowest BCUT2D eigenvalue weighted by atomic mass is 9.84. The van der Waals surface area contributed by atoms with Crippen LogP contribution in [0, 0.1) is 12.8 Å². The Morgan fingerprint density at radius 3 is 2.71 bits per heavy atom. The highest BCUT2D eigenvalue weighted by Crippen LogP contribution is 2.45. The molecule has 1 saturated carbocycles. The fourth-order valence-corrected chi connectivity index (χ4v) is 5.86. The summed E-state index contributed by atoms with van der Waals surface area (Å²) >= 11 is 3.45. The van der Waals surface area contributed by atoms with Crippen LogP contribution >= 0.6 is 23.1 Å². The maximum Gasteiger partial charge on any atom is 0.236 e. The zero-order valence-corrected chi connectivity index (χ0v) is 16.3. The van der Waals surface area contributed by atoms with Crippen LogP contribution in [0.5, 0.6) is 0 Å². The van der Waals surface area contributed by atoms with Crippen LogP contribution in [0.3, 0.4) is 0 Å². The van der Waals surface area contributed by atoms with Crippen LogP contribution in [0.2, 0.25) is 0 Å². The van der Waals surface area contributed by atoms with Gasteiger partial charge < -0.3 is 9.80 Å². The van der Waals surface area contributed by atoms with Crippen molar-refractivity contribution in [2.45, 2.75) is 50.7 Å². The first kappa shape index (κ1) is 17.8. The molecule has 1 saturated heterocycles. The maximum absolute atomic E-state index is 12.6. The predicted octanol–water partition coefficient (Wildman–Crippen LogP) is 3.67. The molecule has 3 rings (SSSR count). The third-order valence-electron chi connectivity index (χ3n) is 5.13. The summed E-state index contributed by atoms with van der Waals surface area (Å²) in [5.41, 5.74) is 1.25. The van der Waals surface area contributed by atoms with E-state index >= 15 is 0 Å². The highest BCUT2D eigenvalue weighted by Gasteiger charge is 2.40. The third-order valence-corrected chi connectivity index (χ3v) is 7.71. The van der Waals surface area contributed by atoms with Crippen LogP contribution in [0.1, 0.15) is 48.9 Å². The molecule has 0 aromatic carbocycles. The first-order chi connectivity index (χ1) is 11.5. The summed E-state index contributed by atoms with van der Waals surface area (Å²) in [5.74, 6) is 0.702. The van der Waals surface area contributed by atoms with E-state index in [-0.39, 0.29) is 28.4 Å². The van der Waals surface area contributed by atoms with Crippen molar-refractivity contribution in [1.29, 1.82) is 0 Å². The number of thioether (sulfide) groups is 1. The van der Waals surface area contributed by atoms with Gasteiger partial charge in [0, 0.05) is 30.4 Å². The second kappa shape index (κ2) is 7.48.